The van der Waals surface area contributed by atoms with Crippen LogP contribution in [0, 0.1) is 0 Å². The van der Waals surface area contributed by atoms with Gasteiger partial charge in [0.1, 0.15) is 5.75 Å². The number of para-hydroxylation sites is 1. The lowest BCUT2D eigenvalue weighted by Gasteiger charge is -2.27. The molecule has 1 N–H and O–H groups in total. The number of carbonyl (C=O) groups is 2. The molecule has 0 unspecified atom stereocenters. The third kappa shape index (κ3) is 3.15. The first kappa shape index (κ1) is 16.9. The number of benzene rings is 2. The van der Waals surface area contributed by atoms with Crippen LogP contribution < -0.4 is 15.0 Å². The van der Waals surface area contributed by atoms with Crippen molar-refractivity contribution in [3.63, 3.8) is 0 Å². The molecule has 4 rings (SSSR count). The highest BCUT2D eigenvalue weighted by Crippen LogP contribution is 2.33. The topological polar surface area (TPSA) is 58.6 Å². The standard InChI is InChI=1S/C20H19ClN2O3/c21-15-8-7-13(12-17(15)23-10-3-6-19(23)24)20(25)22-16-9-11-26-18-5-2-1-4-14(16)18/h1-2,4-5,7-8,12,16H,3,6,9-11H2,(H,22,25)/t16-/m1/s1. The van der Waals surface area contributed by atoms with Crippen LogP contribution in [0.25, 0.3) is 0 Å². The number of anilines is 1. The van der Waals surface area contributed by atoms with E-state index in [1.807, 2.05) is 24.3 Å². The molecule has 2 heterocycles. The zero-order valence-electron chi connectivity index (χ0n) is 14.2. The maximum atomic E-state index is 12.8. The average molecular weight is 371 g/mol. The molecule has 1 atom stereocenters. The number of ether oxygens (including phenoxy) is 1. The number of hydrogen-bond acceptors (Lipinski definition) is 3. The van der Waals surface area contributed by atoms with Gasteiger partial charge in [0.15, 0.2) is 0 Å². The van der Waals surface area contributed by atoms with Gasteiger partial charge < -0.3 is 15.0 Å². The van der Waals surface area contributed by atoms with Crippen LogP contribution in [-0.2, 0) is 4.79 Å². The number of halogens is 1. The number of fused-ring (bicyclic) bond motifs is 1. The molecule has 1 saturated heterocycles. The van der Waals surface area contributed by atoms with Crippen LogP contribution in [-0.4, -0.2) is 25.0 Å². The SMILES string of the molecule is O=C(N[C@@H]1CCOc2ccccc21)c1ccc(Cl)c(N2CCCC2=O)c1. The predicted octanol–water partition coefficient (Wildman–Crippen LogP) is 3.72. The fourth-order valence-corrected chi connectivity index (χ4v) is 3.72. The number of hydrogen-bond donors (Lipinski definition) is 1. The van der Waals surface area contributed by atoms with Crippen LogP contribution in [0.15, 0.2) is 42.5 Å². The minimum Gasteiger partial charge on any atom is -0.493 e. The molecular weight excluding hydrogens is 352 g/mol. The van der Waals surface area contributed by atoms with Gasteiger partial charge in [0.2, 0.25) is 5.91 Å². The van der Waals surface area contributed by atoms with Crippen molar-refractivity contribution in [2.75, 3.05) is 18.1 Å². The summed E-state index contributed by atoms with van der Waals surface area (Å²) in [6.07, 6.45) is 2.05. The quantitative estimate of drug-likeness (QED) is 0.895. The van der Waals surface area contributed by atoms with Gasteiger partial charge in [-0.05, 0) is 30.7 Å². The first-order valence-corrected chi connectivity index (χ1v) is 9.14. The average Bonchev–Trinajstić information content (AvgIpc) is 3.08. The van der Waals surface area contributed by atoms with Gasteiger partial charge in [0.05, 0.1) is 23.4 Å². The summed E-state index contributed by atoms with van der Waals surface area (Å²) < 4.78 is 5.64. The van der Waals surface area contributed by atoms with Crippen LogP contribution in [0.2, 0.25) is 5.02 Å². The highest BCUT2D eigenvalue weighted by atomic mass is 35.5. The van der Waals surface area contributed by atoms with Crippen LogP contribution in [0.3, 0.4) is 0 Å². The van der Waals surface area contributed by atoms with Crippen LogP contribution >= 0.6 is 11.6 Å². The fraction of sp³-hybridized carbons (Fsp3) is 0.300. The second-order valence-electron chi connectivity index (χ2n) is 6.52. The lowest BCUT2D eigenvalue weighted by Crippen LogP contribution is -2.32. The largest absolute Gasteiger partial charge is 0.493 e. The number of nitrogens with zero attached hydrogens (tertiary/aromatic N) is 1. The third-order valence-corrected chi connectivity index (χ3v) is 5.16. The fourth-order valence-electron chi connectivity index (χ4n) is 3.50. The Morgan fingerprint density at radius 2 is 2.08 bits per heavy atom. The van der Waals surface area contributed by atoms with Crippen molar-refractivity contribution in [1.82, 2.24) is 5.32 Å². The molecule has 0 aromatic heterocycles. The van der Waals surface area contributed by atoms with Gasteiger partial charge >= 0.3 is 0 Å². The molecule has 0 radical (unpaired) electrons. The summed E-state index contributed by atoms with van der Waals surface area (Å²) in [6.45, 7) is 1.20. The van der Waals surface area contributed by atoms with Crippen molar-refractivity contribution < 1.29 is 14.3 Å². The molecule has 26 heavy (non-hydrogen) atoms. The Balaban J connectivity index is 1.57. The highest BCUT2D eigenvalue weighted by molar-refractivity contribution is 6.34. The molecule has 6 heteroatoms. The second-order valence-corrected chi connectivity index (χ2v) is 6.92. The van der Waals surface area contributed by atoms with Crippen LogP contribution in [0.5, 0.6) is 5.75 Å². The van der Waals surface area contributed by atoms with Gasteiger partial charge in [-0.25, -0.2) is 0 Å². The maximum absolute atomic E-state index is 12.8. The zero-order valence-corrected chi connectivity index (χ0v) is 15.0. The van der Waals surface area contributed by atoms with E-state index in [2.05, 4.69) is 5.32 Å². The summed E-state index contributed by atoms with van der Waals surface area (Å²) in [5.41, 5.74) is 2.08. The van der Waals surface area contributed by atoms with E-state index in [4.69, 9.17) is 16.3 Å². The van der Waals surface area contributed by atoms with Crippen LogP contribution in [0.4, 0.5) is 5.69 Å². The smallest absolute Gasteiger partial charge is 0.251 e. The Morgan fingerprint density at radius 1 is 1.23 bits per heavy atom. The monoisotopic (exact) mass is 370 g/mol. The number of carbonyl (C=O) groups excluding carboxylic acids is 2. The summed E-state index contributed by atoms with van der Waals surface area (Å²) >= 11 is 6.26. The molecule has 2 aromatic carbocycles. The van der Waals surface area contributed by atoms with E-state index in [9.17, 15) is 9.59 Å². The summed E-state index contributed by atoms with van der Waals surface area (Å²) in [4.78, 5) is 26.5. The molecule has 134 valence electrons. The Morgan fingerprint density at radius 3 is 2.88 bits per heavy atom. The minimum atomic E-state index is -0.184. The molecule has 0 saturated carbocycles. The predicted molar refractivity (Wildman–Crippen MR) is 99.8 cm³/mol. The van der Waals surface area contributed by atoms with Gasteiger partial charge in [0, 0.05) is 30.5 Å². The van der Waals surface area contributed by atoms with Gasteiger partial charge in [-0.15, -0.1) is 0 Å². The summed E-state index contributed by atoms with van der Waals surface area (Å²) in [5, 5.41) is 3.55. The van der Waals surface area contributed by atoms with Crippen molar-refractivity contribution in [3.8, 4) is 5.75 Å². The summed E-state index contributed by atoms with van der Waals surface area (Å²) in [7, 11) is 0. The molecule has 1 fully saturated rings. The van der Waals surface area contributed by atoms with E-state index in [1.165, 1.54) is 0 Å². The van der Waals surface area contributed by atoms with E-state index in [0.717, 1.165) is 17.7 Å². The Hall–Kier alpha value is -2.53. The van der Waals surface area contributed by atoms with E-state index in [-0.39, 0.29) is 17.9 Å². The van der Waals surface area contributed by atoms with Crippen molar-refractivity contribution in [3.05, 3.63) is 58.6 Å². The Bertz CT molecular complexity index is 868. The lowest BCUT2D eigenvalue weighted by molar-refractivity contribution is -0.117. The number of rotatable bonds is 3. The van der Waals surface area contributed by atoms with E-state index < -0.39 is 0 Å². The third-order valence-electron chi connectivity index (χ3n) is 4.84. The molecular formula is C20H19ClN2O3. The van der Waals surface area contributed by atoms with Gasteiger partial charge in [-0.1, -0.05) is 29.8 Å². The number of amides is 2. The van der Waals surface area contributed by atoms with Crippen molar-refractivity contribution >= 4 is 29.1 Å². The van der Waals surface area contributed by atoms with Gasteiger partial charge in [0.25, 0.3) is 5.91 Å². The summed E-state index contributed by atoms with van der Waals surface area (Å²) in [6, 6.07) is 12.7. The molecule has 2 amide bonds. The van der Waals surface area contributed by atoms with Crippen molar-refractivity contribution in [1.29, 1.82) is 0 Å². The first-order chi connectivity index (χ1) is 12.6. The van der Waals surface area contributed by atoms with Crippen LogP contribution in [0.1, 0.15) is 41.2 Å². The lowest BCUT2D eigenvalue weighted by atomic mass is 10.00. The van der Waals surface area contributed by atoms with E-state index >= 15 is 0 Å². The summed E-state index contributed by atoms with van der Waals surface area (Å²) in [5.74, 6) is 0.669. The van der Waals surface area contributed by atoms with E-state index in [0.29, 0.717) is 42.3 Å². The van der Waals surface area contributed by atoms with Crippen molar-refractivity contribution in [2.24, 2.45) is 0 Å². The molecule has 0 bridgehead atoms. The minimum absolute atomic E-state index is 0.0443. The zero-order chi connectivity index (χ0) is 18.1. The van der Waals surface area contributed by atoms with Gasteiger partial charge in [-0.3, -0.25) is 9.59 Å². The van der Waals surface area contributed by atoms with E-state index in [1.54, 1.807) is 23.1 Å². The molecule has 0 aliphatic carbocycles. The molecule has 5 nitrogen and oxygen atoms in total. The normalized spacial score (nSPS) is 19.0. The molecule has 2 aliphatic heterocycles. The number of nitrogens with one attached hydrogen (secondary N) is 1. The van der Waals surface area contributed by atoms with Crippen molar-refractivity contribution in [2.45, 2.75) is 25.3 Å². The molecule has 2 aromatic rings. The van der Waals surface area contributed by atoms with Gasteiger partial charge in [-0.2, -0.15) is 0 Å². The molecule has 0 spiro atoms. The Labute approximate surface area is 156 Å². The first-order valence-electron chi connectivity index (χ1n) is 8.76. The Kier molecular flexibility index (Phi) is 4.55. The molecule has 2 aliphatic rings. The highest BCUT2D eigenvalue weighted by Gasteiger charge is 2.26. The second kappa shape index (κ2) is 7.00. The maximum Gasteiger partial charge on any atom is 0.251 e.